The molecule has 3 rings (SSSR count). The first-order valence-corrected chi connectivity index (χ1v) is 9.33. The molecule has 148 valence electrons. The maximum absolute atomic E-state index is 14.4. The first-order chi connectivity index (χ1) is 13.4. The number of carbonyl (C=O) groups is 2. The Morgan fingerprint density at radius 1 is 1.36 bits per heavy atom. The van der Waals surface area contributed by atoms with Gasteiger partial charge in [0.2, 0.25) is 11.8 Å². The lowest BCUT2D eigenvalue weighted by Crippen LogP contribution is -2.47. The highest BCUT2D eigenvalue weighted by Gasteiger charge is 2.39. The third-order valence-electron chi connectivity index (χ3n) is 5.06. The van der Waals surface area contributed by atoms with Crippen molar-refractivity contribution in [3.63, 3.8) is 0 Å². The molecule has 1 aromatic carbocycles. The summed E-state index contributed by atoms with van der Waals surface area (Å²) >= 11 is 0. The molecular formula is C20H24FN5O2. The molecule has 0 spiro atoms. The van der Waals surface area contributed by atoms with Crippen molar-refractivity contribution in [2.45, 2.75) is 37.9 Å². The van der Waals surface area contributed by atoms with Gasteiger partial charge < -0.3 is 10.2 Å². The fourth-order valence-corrected chi connectivity index (χ4v) is 3.15. The molecule has 1 saturated heterocycles. The minimum atomic E-state index is -0.522. The van der Waals surface area contributed by atoms with Gasteiger partial charge in [-0.25, -0.2) is 4.39 Å². The number of piperazine rings is 1. The first-order valence-electron chi connectivity index (χ1n) is 9.33. The molecule has 0 radical (unpaired) electrons. The van der Waals surface area contributed by atoms with Gasteiger partial charge in [-0.05, 0) is 17.7 Å². The summed E-state index contributed by atoms with van der Waals surface area (Å²) in [6.07, 6.45) is 7.11. The van der Waals surface area contributed by atoms with Crippen LogP contribution >= 0.6 is 0 Å². The van der Waals surface area contributed by atoms with E-state index in [-0.39, 0.29) is 23.9 Å². The summed E-state index contributed by atoms with van der Waals surface area (Å²) in [6, 6.07) is 4.72. The van der Waals surface area contributed by atoms with E-state index >= 15 is 0 Å². The summed E-state index contributed by atoms with van der Waals surface area (Å²) in [5.41, 5.74) is 0.383. The van der Waals surface area contributed by atoms with Crippen LogP contribution < -0.4 is 5.32 Å². The Kier molecular flexibility index (Phi) is 6.05. The average Bonchev–Trinajstić information content (AvgIpc) is 3.44. The number of nitrogens with one attached hydrogen (secondary N) is 1. The van der Waals surface area contributed by atoms with Crippen LogP contribution in [0.1, 0.15) is 31.2 Å². The molecule has 2 heterocycles. The van der Waals surface area contributed by atoms with Crippen LogP contribution in [0.4, 0.5) is 10.1 Å². The van der Waals surface area contributed by atoms with Crippen molar-refractivity contribution < 1.29 is 14.0 Å². The smallest absolute Gasteiger partial charge is 0.236 e. The summed E-state index contributed by atoms with van der Waals surface area (Å²) in [5, 5.41) is 10.6. The van der Waals surface area contributed by atoms with E-state index in [1.165, 1.54) is 6.07 Å². The van der Waals surface area contributed by atoms with Crippen LogP contribution in [0.2, 0.25) is 0 Å². The Bertz CT molecular complexity index is 826. The van der Waals surface area contributed by atoms with Crippen molar-refractivity contribution in [3.8, 4) is 12.3 Å². The Labute approximate surface area is 164 Å². The Morgan fingerprint density at radius 3 is 2.79 bits per heavy atom. The van der Waals surface area contributed by atoms with Gasteiger partial charge in [0.15, 0.2) is 5.66 Å². The lowest BCUT2D eigenvalue weighted by Gasteiger charge is -2.31. The zero-order chi connectivity index (χ0) is 20.1. The molecule has 0 bridgehead atoms. The van der Waals surface area contributed by atoms with Crippen LogP contribution in [0.3, 0.4) is 0 Å². The lowest BCUT2D eigenvalue weighted by atomic mass is 10.0. The summed E-state index contributed by atoms with van der Waals surface area (Å²) in [7, 11) is 1.78. The molecule has 1 N–H and O–H groups in total. The highest BCUT2D eigenvalue weighted by Crippen LogP contribution is 2.37. The molecule has 2 amide bonds. The Morgan fingerprint density at radius 2 is 2.14 bits per heavy atom. The number of anilines is 1. The van der Waals surface area contributed by atoms with E-state index in [0.29, 0.717) is 38.9 Å². The topological polar surface area (TPSA) is 77.4 Å². The molecule has 7 nitrogen and oxygen atoms in total. The summed E-state index contributed by atoms with van der Waals surface area (Å²) < 4.78 is 14.4. The Hall–Kier alpha value is -2.79. The van der Waals surface area contributed by atoms with E-state index in [1.807, 2.05) is 4.90 Å². The van der Waals surface area contributed by atoms with Gasteiger partial charge in [0.05, 0.1) is 12.2 Å². The van der Waals surface area contributed by atoms with E-state index in [9.17, 15) is 14.0 Å². The van der Waals surface area contributed by atoms with E-state index in [1.54, 1.807) is 24.1 Å². The van der Waals surface area contributed by atoms with Crippen LogP contribution in [0.5, 0.6) is 0 Å². The molecule has 0 saturated carbocycles. The highest BCUT2D eigenvalue weighted by atomic mass is 19.1. The largest absolute Gasteiger partial charge is 0.343 e. The number of halogens is 1. The molecule has 28 heavy (non-hydrogen) atoms. The number of hydrogen-bond donors (Lipinski definition) is 1. The second-order valence-electron chi connectivity index (χ2n) is 7.27. The molecule has 1 fully saturated rings. The quantitative estimate of drug-likeness (QED) is 0.698. The molecule has 1 aromatic rings. The van der Waals surface area contributed by atoms with Gasteiger partial charge in [0, 0.05) is 52.4 Å². The van der Waals surface area contributed by atoms with E-state index in [4.69, 9.17) is 6.42 Å². The van der Waals surface area contributed by atoms with Gasteiger partial charge in [0.1, 0.15) is 5.82 Å². The molecule has 0 unspecified atom stereocenters. The minimum absolute atomic E-state index is 0.0600. The maximum atomic E-state index is 14.4. The minimum Gasteiger partial charge on any atom is -0.343 e. The fraction of sp³-hybridized carbons (Fsp3) is 0.500. The second kappa shape index (κ2) is 8.48. The fourth-order valence-electron chi connectivity index (χ4n) is 3.15. The lowest BCUT2D eigenvalue weighted by molar-refractivity contribution is -0.134. The van der Waals surface area contributed by atoms with Crippen LogP contribution in [0.25, 0.3) is 0 Å². The van der Waals surface area contributed by atoms with Gasteiger partial charge in [-0.2, -0.15) is 10.2 Å². The Balaban J connectivity index is 1.49. The summed E-state index contributed by atoms with van der Waals surface area (Å²) in [5.74, 6) is 1.83. The van der Waals surface area contributed by atoms with Crippen LogP contribution in [0.15, 0.2) is 28.4 Å². The molecular weight excluding hydrogens is 361 g/mol. The van der Waals surface area contributed by atoms with E-state index < -0.39 is 11.5 Å². The number of carbonyl (C=O) groups excluding carboxylic acids is 2. The van der Waals surface area contributed by atoms with E-state index in [0.717, 1.165) is 12.1 Å². The van der Waals surface area contributed by atoms with Crippen LogP contribution in [-0.4, -0.2) is 54.0 Å². The summed E-state index contributed by atoms with van der Waals surface area (Å²) in [6.45, 7) is 2.23. The number of terminal acetylenes is 1. The molecule has 0 aliphatic carbocycles. The predicted molar refractivity (Wildman–Crippen MR) is 103 cm³/mol. The third-order valence-corrected chi connectivity index (χ3v) is 5.06. The van der Waals surface area contributed by atoms with Crippen LogP contribution in [0, 0.1) is 18.2 Å². The van der Waals surface area contributed by atoms with Crippen molar-refractivity contribution in [1.29, 1.82) is 0 Å². The van der Waals surface area contributed by atoms with Gasteiger partial charge in [0.25, 0.3) is 0 Å². The monoisotopic (exact) mass is 385 g/mol. The van der Waals surface area contributed by atoms with Gasteiger partial charge >= 0.3 is 0 Å². The van der Waals surface area contributed by atoms with Gasteiger partial charge in [-0.15, -0.1) is 12.3 Å². The molecule has 0 aromatic heterocycles. The first kappa shape index (κ1) is 20.0. The number of amides is 2. The number of rotatable bonds is 8. The van der Waals surface area contributed by atoms with E-state index in [2.05, 4.69) is 21.5 Å². The predicted octanol–water partition coefficient (Wildman–Crippen LogP) is 2.39. The van der Waals surface area contributed by atoms with Crippen molar-refractivity contribution in [2.75, 3.05) is 32.0 Å². The highest BCUT2D eigenvalue weighted by molar-refractivity contribution is 5.90. The average molecular weight is 385 g/mol. The van der Waals surface area contributed by atoms with Crippen LogP contribution in [-0.2, 0) is 16.1 Å². The normalized spacial score (nSPS) is 18.0. The van der Waals surface area contributed by atoms with Gasteiger partial charge in [-0.3, -0.25) is 14.5 Å². The van der Waals surface area contributed by atoms with Crippen molar-refractivity contribution >= 4 is 17.5 Å². The van der Waals surface area contributed by atoms with Crippen molar-refractivity contribution in [2.24, 2.45) is 10.2 Å². The zero-order valence-corrected chi connectivity index (χ0v) is 15.9. The van der Waals surface area contributed by atoms with Gasteiger partial charge in [-0.1, -0.05) is 6.07 Å². The van der Waals surface area contributed by atoms with Crippen molar-refractivity contribution in [3.05, 3.63) is 29.6 Å². The standard InChI is InChI=1S/C20H24FN5O2/c1-3-4-8-20(23-24-20)9-7-18(27)22-17-6-5-15(12-16(17)21)13-26-11-10-25(2)19(28)14-26/h1,5-6,12H,4,7-11,13-14H2,2H3,(H,22,27). The molecule has 0 atom stereocenters. The second-order valence-corrected chi connectivity index (χ2v) is 7.27. The molecule has 2 aliphatic rings. The number of nitrogens with zero attached hydrogens (tertiary/aromatic N) is 4. The van der Waals surface area contributed by atoms with Crippen molar-refractivity contribution in [1.82, 2.24) is 9.80 Å². The third kappa shape index (κ3) is 5.14. The number of hydrogen-bond acceptors (Lipinski definition) is 5. The number of benzene rings is 1. The summed E-state index contributed by atoms with van der Waals surface area (Å²) in [4.78, 5) is 27.6. The zero-order valence-electron chi connectivity index (χ0n) is 15.9. The molecule has 2 aliphatic heterocycles. The maximum Gasteiger partial charge on any atom is 0.236 e. The number of likely N-dealkylation sites (N-methyl/N-ethyl adjacent to an activating group) is 1. The SMILES string of the molecule is C#CCCC1(CCC(=O)Nc2ccc(CN3CCN(C)C(=O)C3)cc2F)N=N1. The molecule has 8 heteroatoms.